The van der Waals surface area contributed by atoms with Crippen LogP contribution in [0, 0.1) is 0 Å². The lowest BCUT2D eigenvalue weighted by Gasteiger charge is -2.30. The van der Waals surface area contributed by atoms with Crippen LogP contribution in [0.3, 0.4) is 0 Å². The van der Waals surface area contributed by atoms with Gasteiger partial charge in [0.15, 0.2) is 0 Å². The van der Waals surface area contributed by atoms with Gasteiger partial charge in [0, 0.05) is 25.8 Å². The monoisotopic (exact) mass is 284 g/mol. The molecule has 1 aliphatic rings. The molecule has 0 aliphatic carbocycles. The minimum absolute atomic E-state index is 0.00896. The first kappa shape index (κ1) is 13.9. The van der Waals surface area contributed by atoms with Crippen LogP contribution in [0.5, 0.6) is 0 Å². The normalized spacial score (nSPS) is 18.7. The number of nitrogens with zero attached hydrogens (tertiary/aromatic N) is 2. The number of aliphatic hydroxyl groups is 1. The molecule has 1 amide bonds. The van der Waals surface area contributed by atoms with Gasteiger partial charge in [0.25, 0.3) is 5.91 Å². The minimum Gasteiger partial charge on any atom is -0.391 e. The van der Waals surface area contributed by atoms with Gasteiger partial charge in [-0.15, -0.1) is 0 Å². The van der Waals surface area contributed by atoms with E-state index in [9.17, 15) is 9.90 Å². The Morgan fingerprint density at radius 1 is 1.19 bits per heavy atom. The van der Waals surface area contributed by atoms with Crippen LogP contribution in [-0.2, 0) is 6.54 Å². The van der Waals surface area contributed by atoms with E-state index < -0.39 is 0 Å². The molecule has 1 aromatic carbocycles. The molecule has 4 nitrogen and oxygen atoms in total. The zero-order chi connectivity index (χ0) is 14.7. The molecule has 4 heteroatoms. The fourth-order valence-electron chi connectivity index (χ4n) is 2.83. The van der Waals surface area contributed by atoms with Gasteiger partial charge in [-0.3, -0.25) is 4.79 Å². The summed E-state index contributed by atoms with van der Waals surface area (Å²) in [5, 5.41) is 9.73. The molecule has 1 aromatic heterocycles. The van der Waals surface area contributed by atoms with Crippen molar-refractivity contribution in [3.63, 3.8) is 0 Å². The molecule has 1 fully saturated rings. The third-order valence-electron chi connectivity index (χ3n) is 3.93. The molecule has 2 aromatic rings. The van der Waals surface area contributed by atoms with E-state index in [2.05, 4.69) is 12.1 Å². The van der Waals surface area contributed by atoms with Gasteiger partial charge >= 0.3 is 0 Å². The zero-order valence-electron chi connectivity index (χ0n) is 12.0. The van der Waals surface area contributed by atoms with Gasteiger partial charge in [0.2, 0.25) is 0 Å². The Morgan fingerprint density at radius 3 is 2.76 bits per heavy atom. The number of carbonyl (C=O) groups excluding carboxylic acids is 1. The van der Waals surface area contributed by atoms with Crippen molar-refractivity contribution in [1.82, 2.24) is 9.47 Å². The summed E-state index contributed by atoms with van der Waals surface area (Å²) < 4.78 is 1.97. The van der Waals surface area contributed by atoms with Crippen molar-refractivity contribution in [1.29, 1.82) is 0 Å². The number of benzene rings is 1. The largest absolute Gasteiger partial charge is 0.391 e. The Bertz CT molecular complexity index is 606. The summed E-state index contributed by atoms with van der Waals surface area (Å²) in [4.78, 5) is 14.4. The highest BCUT2D eigenvalue weighted by molar-refractivity contribution is 5.92. The summed E-state index contributed by atoms with van der Waals surface area (Å²) in [5.74, 6) is 0.00896. The van der Waals surface area contributed by atoms with E-state index >= 15 is 0 Å². The Morgan fingerprint density at radius 2 is 2.00 bits per heavy atom. The van der Waals surface area contributed by atoms with Crippen molar-refractivity contribution >= 4 is 5.91 Å². The molecule has 0 radical (unpaired) electrons. The third-order valence-corrected chi connectivity index (χ3v) is 3.93. The lowest BCUT2D eigenvalue weighted by molar-refractivity contribution is 0.0465. The topological polar surface area (TPSA) is 45.5 Å². The molecule has 0 spiro atoms. The molecule has 1 saturated heterocycles. The van der Waals surface area contributed by atoms with Crippen molar-refractivity contribution in [3.8, 4) is 0 Å². The standard InChI is InChI=1S/C17H20N2O2/c20-15-8-4-11-19(13-15)17(21)16-9-5-10-18(16)12-14-6-2-1-3-7-14/h1-3,5-7,9-10,15,20H,4,8,11-13H2/t15-/m0/s1. The van der Waals surface area contributed by atoms with E-state index in [1.54, 1.807) is 4.90 Å². The maximum absolute atomic E-state index is 12.6. The van der Waals surface area contributed by atoms with Crippen molar-refractivity contribution < 1.29 is 9.90 Å². The van der Waals surface area contributed by atoms with E-state index in [1.807, 2.05) is 41.1 Å². The average molecular weight is 284 g/mol. The van der Waals surface area contributed by atoms with E-state index in [0.29, 0.717) is 18.8 Å². The lowest BCUT2D eigenvalue weighted by atomic mass is 10.1. The lowest BCUT2D eigenvalue weighted by Crippen LogP contribution is -2.42. The van der Waals surface area contributed by atoms with Gasteiger partial charge in [-0.05, 0) is 30.5 Å². The Balaban J connectivity index is 1.77. The van der Waals surface area contributed by atoms with Crippen LogP contribution in [0.15, 0.2) is 48.7 Å². The first-order chi connectivity index (χ1) is 10.2. The predicted molar refractivity (Wildman–Crippen MR) is 81.1 cm³/mol. The number of piperidine rings is 1. The highest BCUT2D eigenvalue weighted by atomic mass is 16.3. The molecule has 0 saturated carbocycles. The van der Waals surface area contributed by atoms with Gasteiger partial charge in [-0.2, -0.15) is 0 Å². The molecule has 3 rings (SSSR count). The number of hydrogen-bond acceptors (Lipinski definition) is 2. The maximum Gasteiger partial charge on any atom is 0.270 e. The molecule has 2 heterocycles. The van der Waals surface area contributed by atoms with Gasteiger partial charge in [-0.25, -0.2) is 0 Å². The molecule has 21 heavy (non-hydrogen) atoms. The second-order valence-electron chi connectivity index (χ2n) is 5.55. The summed E-state index contributed by atoms with van der Waals surface area (Å²) >= 11 is 0. The fraction of sp³-hybridized carbons (Fsp3) is 0.353. The molecular formula is C17H20N2O2. The number of aliphatic hydroxyl groups excluding tert-OH is 1. The molecule has 0 unspecified atom stereocenters. The fourth-order valence-corrected chi connectivity index (χ4v) is 2.83. The van der Waals surface area contributed by atoms with Crippen LogP contribution in [-0.4, -0.2) is 39.7 Å². The van der Waals surface area contributed by atoms with Crippen LogP contribution in [0.25, 0.3) is 0 Å². The number of rotatable bonds is 3. The van der Waals surface area contributed by atoms with Crippen LogP contribution < -0.4 is 0 Å². The summed E-state index contributed by atoms with van der Waals surface area (Å²) in [6.07, 6.45) is 3.20. The van der Waals surface area contributed by atoms with Crippen molar-refractivity contribution in [2.45, 2.75) is 25.5 Å². The zero-order valence-corrected chi connectivity index (χ0v) is 12.0. The van der Waals surface area contributed by atoms with Gasteiger partial charge in [0.1, 0.15) is 5.69 Å². The second kappa shape index (κ2) is 6.14. The minimum atomic E-state index is -0.389. The van der Waals surface area contributed by atoms with Crippen LogP contribution >= 0.6 is 0 Å². The highest BCUT2D eigenvalue weighted by Crippen LogP contribution is 2.15. The van der Waals surface area contributed by atoms with Crippen molar-refractivity contribution in [2.75, 3.05) is 13.1 Å². The number of hydrogen-bond donors (Lipinski definition) is 1. The molecular weight excluding hydrogens is 264 g/mol. The van der Waals surface area contributed by atoms with Crippen molar-refractivity contribution in [3.05, 3.63) is 59.9 Å². The maximum atomic E-state index is 12.6. The van der Waals surface area contributed by atoms with Crippen LogP contribution in [0.1, 0.15) is 28.9 Å². The second-order valence-corrected chi connectivity index (χ2v) is 5.55. The van der Waals surface area contributed by atoms with Crippen molar-refractivity contribution in [2.24, 2.45) is 0 Å². The predicted octanol–water partition coefficient (Wildman–Crippen LogP) is 2.13. The SMILES string of the molecule is O=C(c1cccn1Cc1ccccc1)N1CCC[C@H](O)C1. The molecule has 1 N–H and O–H groups in total. The Kier molecular flexibility index (Phi) is 4.06. The van der Waals surface area contributed by atoms with Crippen LogP contribution in [0.2, 0.25) is 0 Å². The quantitative estimate of drug-likeness (QED) is 0.938. The summed E-state index contributed by atoms with van der Waals surface area (Å²) in [6.45, 7) is 1.85. The van der Waals surface area contributed by atoms with Gasteiger partial charge in [-0.1, -0.05) is 30.3 Å². The Labute approximate surface area is 124 Å². The molecule has 1 aliphatic heterocycles. The first-order valence-electron chi connectivity index (χ1n) is 7.40. The summed E-state index contributed by atoms with van der Waals surface area (Å²) in [6, 6.07) is 13.9. The molecule has 0 bridgehead atoms. The number of β-amino-alcohol motifs (C(OH)–C–C–N with tert-alkyl or cyclic N) is 1. The smallest absolute Gasteiger partial charge is 0.270 e. The van der Waals surface area contributed by atoms with E-state index in [1.165, 1.54) is 5.56 Å². The third kappa shape index (κ3) is 3.16. The number of amides is 1. The molecule has 1 atom stereocenters. The van der Waals surface area contributed by atoms with E-state index in [4.69, 9.17) is 0 Å². The first-order valence-corrected chi connectivity index (χ1v) is 7.40. The highest BCUT2D eigenvalue weighted by Gasteiger charge is 2.24. The van der Waals surface area contributed by atoms with Gasteiger partial charge in [0.05, 0.1) is 6.10 Å². The summed E-state index contributed by atoms with van der Waals surface area (Å²) in [7, 11) is 0. The number of aromatic nitrogens is 1. The number of carbonyl (C=O) groups is 1. The Hall–Kier alpha value is -2.07. The van der Waals surface area contributed by atoms with Crippen LogP contribution in [0.4, 0.5) is 0 Å². The molecule has 110 valence electrons. The summed E-state index contributed by atoms with van der Waals surface area (Å²) in [5.41, 5.74) is 1.86. The number of likely N-dealkylation sites (tertiary alicyclic amines) is 1. The van der Waals surface area contributed by atoms with Gasteiger partial charge < -0.3 is 14.6 Å². The van der Waals surface area contributed by atoms with E-state index in [0.717, 1.165) is 19.4 Å². The van der Waals surface area contributed by atoms with E-state index in [-0.39, 0.29) is 12.0 Å². The average Bonchev–Trinajstić information content (AvgIpc) is 2.95.